The number of rotatable bonds is 3. The zero-order valence-corrected chi connectivity index (χ0v) is 9.69. The van der Waals surface area contributed by atoms with Crippen molar-refractivity contribution < 1.29 is 0 Å². The maximum absolute atomic E-state index is 4.05. The first-order valence-corrected chi connectivity index (χ1v) is 5.92. The Morgan fingerprint density at radius 3 is 2.60 bits per heavy atom. The minimum absolute atomic E-state index is 0.694. The van der Waals surface area contributed by atoms with E-state index in [1.54, 1.807) is 0 Å². The third-order valence-corrected chi connectivity index (χ3v) is 3.41. The lowest BCUT2D eigenvalue weighted by Crippen LogP contribution is -2.38. The van der Waals surface area contributed by atoms with E-state index in [9.17, 15) is 0 Å². The Balaban J connectivity index is 1.74. The first kappa shape index (κ1) is 10.7. The van der Waals surface area contributed by atoms with Crippen LogP contribution >= 0.6 is 0 Å². The highest BCUT2D eigenvalue weighted by Gasteiger charge is 2.22. The van der Waals surface area contributed by atoms with Gasteiger partial charge in [-0.1, -0.05) is 0 Å². The smallest absolute Gasteiger partial charge is 0.102 e. The van der Waals surface area contributed by atoms with Gasteiger partial charge in [-0.05, 0) is 57.3 Å². The summed E-state index contributed by atoms with van der Waals surface area (Å²) in [6.07, 6.45) is 3.72. The molecule has 2 aliphatic rings. The first-order chi connectivity index (χ1) is 7.25. The molecule has 4 nitrogen and oxygen atoms in total. The van der Waals surface area contributed by atoms with Gasteiger partial charge in [-0.25, -0.2) is 0 Å². The fourth-order valence-electron chi connectivity index (χ4n) is 2.35. The molecule has 0 atom stereocenters. The van der Waals surface area contributed by atoms with E-state index in [1.807, 2.05) is 0 Å². The van der Waals surface area contributed by atoms with E-state index in [0.717, 1.165) is 18.9 Å². The van der Waals surface area contributed by atoms with Crippen LogP contribution in [0, 0.1) is 5.92 Å². The predicted molar refractivity (Wildman–Crippen MR) is 61.2 cm³/mol. The van der Waals surface area contributed by atoms with Gasteiger partial charge in [0.2, 0.25) is 0 Å². The summed E-state index contributed by atoms with van der Waals surface area (Å²) in [7, 11) is 0. The second kappa shape index (κ2) is 4.84. The molecule has 0 saturated carbocycles. The van der Waals surface area contributed by atoms with Crippen LogP contribution in [0.4, 0.5) is 0 Å². The van der Waals surface area contributed by atoms with Crippen LogP contribution in [0.2, 0.25) is 0 Å². The number of likely N-dealkylation sites (tertiary alicyclic amines) is 1. The first-order valence-electron chi connectivity index (χ1n) is 5.92. The van der Waals surface area contributed by atoms with Gasteiger partial charge in [0.1, 0.15) is 6.54 Å². The van der Waals surface area contributed by atoms with Crippen molar-refractivity contribution in [2.75, 3.05) is 19.6 Å². The normalized spacial score (nSPS) is 23.8. The van der Waals surface area contributed by atoms with Crippen molar-refractivity contribution in [1.82, 2.24) is 4.90 Å². The van der Waals surface area contributed by atoms with Crippen LogP contribution in [-0.2, 0) is 0 Å². The van der Waals surface area contributed by atoms with E-state index in [0.29, 0.717) is 6.04 Å². The lowest BCUT2D eigenvalue weighted by atomic mass is 9.91. The molecule has 0 aliphatic carbocycles. The topological polar surface area (TPSA) is 40.3 Å². The molecule has 0 aromatic heterocycles. The maximum Gasteiger partial charge on any atom is 0.102 e. The van der Waals surface area contributed by atoms with E-state index in [1.165, 1.54) is 31.6 Å². The summed E-state index contributed by atoms with van der Waals surface area (Å²) >= 11 is 0. The second-order valence-electron chi connectivity index (χ2n) is 4.83. The van der Waals surface area contributed by atoms with Crippen LogP contribution in [0.15, 0.2) is 15.4 Å². The van der Waals surface area contributed by atoms with Gasteiger partial charge in [-0.2, -0.15) is 5.11 Å². The van der Waals surface area contributed by atoms with Gasteiger partial charge >= 0.3 is 0 Å². The highest BCUT2D eigenvalue weighted by atomic mass is 15.4. The van der Waals surface area contributed by atoms with Gasteiger partial charge in [-0.15, -0.1) is 5.10 Å². The molecular formula is C11H20N4. The molecule has 84 valence electrons. The second-order valence-corrected chi connectivity index (χ2v) is 4.83. The number of piperidine rings is 1. The van der Waals surface area contributed by atoms with Crippen molar-refractivity contribution in [3.63, 3.8) is 0 Å². The van der Waals surface area contributed by atoms with Crippen molar-refractivity contribution in [2.24, 2.45) is 21.4 Å². The Morgan fingerprint density at radius 1 is 1.33 bits per heavy atom. The SMILES string of the molecule is CC(C)N1CCC(CC2=NN=NC2)CC1. The Hall–Kier alpha value is -0.770. The molecule has 2 aliphatic heterocycles. The Kier molecular flexibility index (Phi) is 3.46. The lowest BCUT2D eigenvalue weighted by Gasteiger charge is -2.34. The number of nitrogens with zero attached hydrogens (tertiary/aromatic N) is 4. The van der Waals surface area contributed by atoms with Crippen LogP contribution in [0.5, 0.6) is 0 Å². The van der Waals surface area contributed by atoms with Gasteiger partial charge in [0, 0.05) is 6.04 Å². The van der Waals surface area contributed by atoms with Gasteiger partial charge in [-0.3, -0.25) is 0 Å². The van der Waals surface area contributed by atoms with Crippen LogP contribution in [0.25, 0.3) is 0 Å². The summed E-state index contributed by atoms with van der Waals surface area (Å²) in [5, 5.41) is 11.6. The van der Waals surface area contributed by atoms with Crippen molar-refractivity contribution in [3.05, 3.63) is 0 Å². The average Bonchev–Trinajstić information content (AvgIpc) is 2.71. The summed E-state index contributed by atoms with van der Waals surface area (Å²) in [5.41, 5.74) is 1.18. The van der Waals surface area contributed by atoms with E-state index in [4.69, 9.17) is 0 Å². The molecule has 0 amide bonds. The molecule has 0 aromatic carbocycles. The minimum Gasteiger partial charge on any atom is -0.301 e. The zero-order valence-electron chi connectivity index (χ0n) is 9.69. The minimum atomic E-state index is 0.694. The third kappa shape index (κ3) is 2.84. The average molecular weight is 208 g/mol. The number of hydrogen-bond donors (Lipinski definition) is 0. The van der Waals surface area contributed by atoms with E-state index in [2.05, 4.69) is 34.2 Å². The van der Waals surface area contributed by atoms with Crippen molar-refractivity contribution in [2.45, 2.75) is 39.2 Å². The quantitative estimate of drug-likeness (QED) is 0.701. The van der Waals surface area contributed by atoms with Gasteiger partial charge in [0.25, 0.3) is 0 Å². The Bertz CT molecular complexity index is 262. The van der Waals surface area contributed by atoms with E-state index < -0.39 is 0 Å². The summed E-state index contributed by atoms with van der Waals surface area (Å²) in [6.45, 7) is 7.77. The highest BCUT2D eigenvalue weighted by molar-refractivity contribution is 5.87. The summed E-state index contributed by atoms with van der Waals surface area (Å²) in [6, 6.07) is 0.694. The lowest BCUT2D eigenvalue weighted by molar-refractivity contribution is 0.152. The zero-order chi connectivity index (χ0) is 10.7. The molecule has 0 bridgehead atoms. The van der Waals surface area contributed by atoms with Crippen LogP contribution in [0.1, 0.15) is 33.1 Å². The standard InChI is InChI=1S/C11H20N4/c1-9(2)15-5-3-10(4-6-15)7-11-8-12-14-13-11/h9-10H,3-8H2,1-2H3. The molecule has 2 heterocycles. The monoisotopic (exact) mass is 208 g/mol. The summed E-state index contributed by atoms with van der Waals surface area (Å²) < 4.78 is 0. The fourth-order valence-corrected chi connectivity index (χ4v) is 2.35. The molecule has 0 N–H and O–H groups in total. The third-order valence-electron chi connectivity index (χ3n) is 3.41. The number of hydrogen-bond acceptors (Lipinski definition) is 4. The van der Waals surface area contributed by atoms with E-state index in [-0.39, 0.29) is 0 Å². The highest BCUT2D eigenvalue weighted by Crippen LogP contribution is 2.23. The fraction of sp³-hybridized carbons (Fsp3) is 0.909. The van der Waals surface area contributed by atoms with E-state index >= 15 is 0 Å². The van der Waals surface area contributed by atoms with Gasteiger partial charge in [0.05, 0.1) is 5.71 Å². The van der Waals surface area contributed by atoms with Crippen molar-refractivity contribution >= 4 is 5.71 Å². The van der Waals surface area contributed by atoms with Gasteiger partial charge in [0.15, 0.2) is 0 Å². The molecule has 15 heavy (non-hydrogen) atoms. The summed E-state index contributed by atoms with van der Waals surface area (Å²) in [4.78, 5) is 2.56. The largest absolute Gasteiger partial charge is 0.301 e. The Labute approximate surface area is 91.4 Å². The summed E-state index contributed by atoms with van der Waals surface area (Å²) in [5.74, 6) is 0.808. The molecule has 1 saturated heterocycles. The molecular weight excluding hydrogens is 188 g/mol. The van der Waals surface area contributed by atoms with Crippen LogP contribution < -0.4 is 0 Å². The van der Waals surface area contributed by atoms with Crippen LogP contribution in [0.3, 0.4) is 0 Å². The molecule has 1 fully saturated rings. The molecule has 4 heteroatoms. The Morgan fingerprint density at radius 2 is 2.07 bits per heavy atom. The van der Waals surface area contributed by atoms with Crippen LogP contribution in [-0.4, -0.2) is 36.3 Å². The molecule has 0 radical (unpaired) electrons. The van der Waals surface area contributed by atoms with Gasteiger partial charge < -0.3 is 4.90 Å². The molecule has 0 unspecified atom stereocenters. The molecule has 2 rings (SSSR count). The van der Waals surface area contributed by atoms with Crippen molar-refractivity contribution in [1.29, 1.82) is 0 Å². The predicted octanol–water partition coefficient (Wildman–Crippen LogP) is 2.32. The maximum atomic E-state index is 4.05. The van der Waals surface area contributed by atoms with Crippen molar-refractivity contribution in [3.8, 4) is 0 Å². The molecule has 0 aromatic rings. The molecule has 0 spiro atoms.